The number of likely N-dealkylation sites (tertiary alicyclic amines) is 1. The number of rotatable bonds is 3. The van der Waals surface area contributed by atoms with Crippen LogP contribution in [0, 0.1) is 5.92 Å². The molecule has 1 aromatic rings. The highest BCUT2D eigenvalue weighted by molar-refractivity contribution is 5.96. The molecule has 1 atom stereocenters. The van der Waals surface area contributed by atoms with Crippen molar-refractivity contribution in [2.45, 2.75) is 12.6 Å². The monoisotopic (exact) mass is 277 g/mol. The van der Waals surface area contributed by atoms with Gasteiger partial charge in [0.05, 0.1) is 5.92 Å². The van der Waals surface area contributed by atoms with Crippen LogP contribution in [0.15, 0.2) is 6.33 Å². The molecule has 1 aliphatic rings. The third-order valence-corrected chi connectivity index (χ3v) is 2.61. The molecule has 0 aromatic carbocycles. The van der Waals surface area contributed by atoms with Crippen LogP contribution in [0.5, 0.6) is 0 Å². The Kier molecular flexibility index (Phi) is 3.40. The van der Waals surface area contributed by atoms with E-state index in [0.717, 1.165) is 0 Å². The summed E-state index contributed by atoms with van der Waals surface area (Å²) in [5, 5.41) is 8.22. The maximum absolute atomic E-state index is 12.2. The fourth-order valence-electron chi connectivity index (χ4n) is 1.80. The highest BCUT2D eigenvalue weighted by Crippen LogP contribution is 2.24. The standard InChI is InChI=1S/C9H10F3N5O2/c10-9(11,12)3-17-2-5(1-6(17)18)7(19)15-8-13-4-14-16-8/h4-5H,1-3H2,(H2,13,14,15,16,19). The third-order valence-electron chi connectivity index (χ3n) is 2.61. The Morgan fingerprint density at radius 3 is 2.89 bits per heavy atom. The van der Waals surface area contributed by atoms with Crippen molar-refractivity contribution in [2.24, 2.45) is 5.92 Å². The van der Waals surface area contributed by atoms with Gasteiger partial charge in [0.2, 0.25) is 17.8 Å². The second-order valence-corrected chi connectivity index (χ2v) is 4.11. The molecule has 1 unspecified atom stereocenters. The summed E-state index contributed by atoms with van der Waals surface area (Å²) in [6, 6.07) is 0. The van der Waals surface area contributed by atoms with Crippen molar-refractivity contribution >= 4 is 17.8 Å². The van der Waals surface area contributed by atoms with E-state index in [4.69, 9.17) is 0 Å². The van der Waals surface area contributed by atoms with Gasteiger partial charge >= 0.3 is 6.18 Å². The van der Waals surface area contributed by atoms with Gasteiger partial charge in [-0.1, -0.05) is 0 Å². The van der Waals surface area contributed by atoms with Crippen LogP contribution in [-0.4, -0.2) is 51.2 Å². The predicted octanol–water partition coefficient (Wildman–Crippen LogP) is 0.154. The van der Waals surface area contributed by atoms with Gasteiger partial charge in [-0.25, -0.2) is 5.10 Å². The van der Waals surface area contributed by atoms with Gasteiger partial charge in [0, 0.05) is 13.0 Å². The summed E-state index contributed by atoms with van der Waals surface area (Å²) >= 11 is 0. The topological polar surface area (TPSA) is 91.0 Å². The number of hydrogen-bond acceptors (Lipinski definition) is 4. The molecule has 1 fully saturated rings. The molecule has 0 aliphatic carbocycles. The molecule has 10 heteroatoms. The van der Waals surface area contributed by atoms with E-state index in [9.17, 15) is 22.8 Å². The van der Waals surface area contributed by atoms with Crippen LogP contribution in [0.2, 0.25) is 0 Å². The van der Waals surface area contributed by atoms with Crippen molar-refractivity contribution in [3.63, 3.8) is 0 Å². The first kappa shape index (κ1) is 13.3. The number of carbonyl (C=O) groups excluding carboxylic acids is 2. The van der Waals surface area contributed by atoms with Gasteiger partial charge in [-0.3, -0.25) is 14.9 Å². The molecule has 2 rings (SSSR count). The van der Waals surface area contributed by atoms with Gasteiger partial charge in [-0.15, -0.1) is 0 Å². The fourth-order valence-corrected chi connectivity index (χ4v) is 1.80. The van der Waals surface area contributed by atoms with Crippen LogP contribution in [0.3, 0.4) is 0 Å². The number of carbonyl (C=O) groups is 2. The van der Waals surface area contributed by atoms with E-state index in [2.05, 4.69) is 20.5 Å². The molecular weight excluding hydrogens is 267 g/mol. The maximum Gasteiger partial charge on any atom is 0.406 e. The minimum absolute atomic E-state index is 0.0896. The zero-order valence-corrected chi connectivity index (χ0v) is 9.57. The average Bonchev–Trinajstić information content (AvgIpc) is 2.88. The number of H-pyrrole nitrogens is 1. The number of hydrogen-bond donors (Lipinski definition) is 2. The Hall–Kier alpha value is -2.13. The largest absolute Gasteiger partial charge is 0.406 e. The van der Waals surface area contributed by atoms with Gasteiger partial charge in [0.25, 0.3) is 0 Å². The van der Waals surface area contributed by atoms with Crippen molar-refractivity contribution < 1.29 is 22.8 Å². The number of nitrogens with one attached hydrogen (secondary N) is 2. The SMILES string of the molecule is O=C(Nc1ncn[nH]1)C1CC(=O)N(CC(F)(F)F)C1. The van der Waals surface area contributed by atoms with Gasteiger partial charge in [-0.2, -0.15) is 23.3 Å². The van der Waals surface area contributed by atoms with Crippen LogP contribution in [0.1, 0.15) is 6.42 Å². The zero-order chi connectivity index (χ0) is 14.0. The van der Waals surface area contributed by atoms with Crippen LogP contribution in [0.25, 0.3) is 0 Å². The molecular formula is C9H10F3N5O2. The summed E-state index contributed by atoms with van der Waals surface area (Å²) in [4.78, 5) is 27.4. The summed E-state index contributed by atoms with van der Waals surface area (Å²) in [5.74, 6) is -1.98. The number of aromatic amines is 1. The van der Waals surface area contributed by atoms with E-state index in [1.807, 2.05) is 0 Å². The van der Waals surface area contributed by atoms with Crippen molar-refractivity contribution in [2.75, 3.05) is 18.4 Å². The van der Waals surface area contributed by atoms with E-state index < -0.39 is 30.5 Å². The summed E-state index contributed by atoms with van der Waals surface area (Å²) in [6.07, 6.45) is -3.53. The second-order valence-electron chi connectivity index (χ2n) is 4.11. The molecule has 2 amide bonds. The lowest BCUT2D eigenvalue weighted by molar-refractivity contribution is -0.157. The molecule has 7 nitrogen and oxygen atoms in total. The molecule has 0 spiro atoms. The van der Waals surface area contributed by atoms with Crippen molar-refractivity contribution in [1.29, 1.82) is 0 Å². The Labute approximate surface area is 105 Å². The molecule has 2 N–H and O–H groups in total. The number of anilines is 1. The molecule has 0 saturated carbocycles. The van der Waals surface area contributed by atoms with E-state index >= 15 is 0 Å². The first-order chi connectivity index (χ1) is 8.85. The number of amides is 2. The molecule has 0 radical (unpaired) electrons. The first-order valence-corrected chi connectivity index (χ1v) is 5.36. The number of nitrogens with zero attached hydrogens (tertiary/aromatic N) is 3. The molecule has 2 heterocycles. The number of halogens is 3. The highest BCUT2D eigenvalue weighted by atomic mass is 19.4. The average molecular weight is 277 g/mol. The lowest BCUT2D eigenvalue weighted by Gasteiger charge is -2.18. The Morgan fingerprint density at radius 1 is 1.58 bits per heavy atom. The first-order valence-electron chi connectivity index (χ1n) is 5.36. The highest BCUT2D eigenvalue weighted by Gasteiger charge is 2.40. The summed E-state index contributed by atoms with van der Waals surface area (Å²) in [5.41, 5.74) is 0. The van der Waals surface area contributed by atoms with Crippen LogP contribution in [-0.2, 0) is 9.59 Å². The Bertz CT molecular complexity index is 473. The van der Waals surface area contributed by atoms with E-state index in [1.54, 1.807) is 0 Å². The molecule has 104 valence electrons. The summed E-state index contributed by atoms with van der Waals surface area (Å²) in [7, 11) is 0. The lowest BCUT2D eigenvalue weighted by Crippen LogP contribution is -2.36. The number of alkyl halides is 3. The molecule has 1 saturated heterocycles. The minimum Gasteiger partial charge on any atom is -0.333 e. The number of aromatic nitrogens is 3. The van der Waals surface area contributed by atoms with E-state index in [1.165, 1.54) is 6.33 Å². The third kappa shape index (κ3) is 3.42. The van der Waals surface area contributed by atoms with Crippen molar-refractivity contribution in [3.05, 3.63) is 6.33 Å². The van der Waals surface area contributed by atoms with Gasteiger partial charge in [0.1, 0.15) is 12.9 Å². The van der Waals surface area contributed by atoms with Crippen molar-refractivity contribution in [1.82, 2.24) is 20.1 Å². The van der Waals surface area contributed by atoms with Crippen LogP contribution in [0.4, 0.5) is 19.1 Å². The normalized spacial score (nSPS) is 19.8. The summed E-state index contributed by atoms with van der Waals surface area (Å²) in [6.45, 7) is -1.59. The maximum atomic E-state index is 12.2. The second kappa shape index (κ2) is 4.86. The van der Waals surface area contributed by atoms with Gasteiger partial charge in [0.15, 0.2) is 0 Å². The Balaban J connectivity index is 1.93. The van der Waals surface area contributed by atoms with Crippen LogP contribution >= 0.6 is 0 Å². The minimum atomic E-state index is -4.47. The van der Waals surface area contributed by atoms with Crippen molar-refractivity contribution in [3.8, 4) is 0 Å². The van der Waals surface area contributed by atoms with Gasteiger partial charge < -0.3 is 4.90 Å². The van der Waals surface area contributed by atoms with E-state index in [0.29, 0.717) is 4.90 Å². The van der Waals surface area contributed by atoms with Gasteiger partial charge in [-0.05, 0) is 0 Å². The molecule has 1 aromatic heterocycles. The fraction of sp³-hybridized carbons (Fsp3) is 0.556. The van der Waals surface area contributed by atoms with E-state index in [-0.39, 0.29) is 18.9 Å². The molecule has 19 heavy (non-hydrogen) atoms. The quantitative estimate of drug-likeness (QED) is 0.823. The smallest absolute Gasteiger partial charge is 0.333 e. The predicted molar refractivity (Wildman–Crippen MR) is 55.8 cm³/mol. The Morgan fingerprint density at radius 2 is 2.32 bits per heavy atom. The lowest BCUT2D eigenvalue weighted by atomic mass is 10.1. The molecule has 1 aliphatic heterocycles. The summed E-state index contributed by atoms with van der Waals surface area (Å²) < 4.78 is 36.6. The molecule has 0 bridgehead atoms. The van der Waals surface area contributed by atoms with Crippen LogP contribution < -0.4 is 5.32 Å². The zero-order valence-electron chi connectivity index (χ0n) is 9.57.